The van der Waals surface area contributed by atoms with Crippen LogP contribution < -0.4 is 4.74 Å². The SMILES string of the molecule is C=C(C)C(=O)OCCc1cccc(/N=N/c2ccc(/N=N/c3ccc(OC(=O)C(=C)C)c(C)c3)cc2)c1. The summed E-state index contributed by atoms with van der Waals surface area (Å²) < 4.78 is 10.4. The van der Waals surface area contributed by atoms with E-state index in [1.165, 1.54) is 0 Å². The number of nitrogens with zero attached hydrogens (tertiary/aromatic N) is 4. The van der Waals surface area contributed by atoms with E-state index in [1.54, 1.807) is 56.3 Å². The summed E-state index contributed by atoms with van der Waals surface area (Å²) in [6.07, 6.45) is 0.573. The van der Waals surface area contributed by atoms with E-state index in [2.05, 4.69) is 33.6 Å². The number of esters is 2. The third-order valence-electron chi connectivity index (χ3n) is 5.00. The number of benzene rings is 3. The molecule has 37 heavy (non-hydrogen) atoms. The Bertz CT molecular complexity index is 1370. The molecule has 0 fully saturated rings. The van der Waals surface area contributed by atoms with Crippen LogP contribution in [-0.4, -0.2) is 18.5 Å². The molecule has 0 bridgehead atoms. The van der Waals surface area contributed by atoms with Gasteiger partial charge in [-0.05, 0) is 86.5 Å². The average Bonchev–Trinajstić information content (AvgIpc) is 2.88. The van der Waals surface area contributed by atoms with E-state index >= 15 is 0 Å². The molecule has 3 rings (SSSR count). The summed E-state index contributed by atoms with van der Waals surface area (Å²) >= 11 is 0. The Morgan fingerprint density at radius 3 is 1.84 bits per heavy atom. The Balaban J connectivity index is 1.58. The lowest BCUT2D eigenvalue weighted by atomic mass is 10.1. The van der Waals surface area contributed by atoms with Crippen molar-refractivity contribution in [1.82, 2.24) is 0 Å². The van der Waals surface area contributed by atoms with Crippen molar-refractivity contribution in [3.63, 3.8) is 0 Å². The highest BCUT2D eigenvalue weighted by Gasteiger charge is 2.08. The van der Waals surface area contributed by atoms with E-state index < -0.39 is 11.9 Å². The summed E-state index contributed by atoms with van der Waals surface area (Å²) in [6.45, 7) is 12.5. The number of carbonyl (C=O) groups is 2. The molecule has 188 valence electrons. The van der Waals surface area contributed by atoms with Crippen LogP contribution in [-0.2, 0) is 20.7 Å². The van der Waals surface area contributed by atoms with Gasteiger partial charge in [-0.2, -0.15) is 20.5 Å². The van der Waals surface area contributed by atoms with Crippen LogP contribution in [0.1, 0.15) is 25.0 Å². The fourth-order valence-corrected chi connectivity index (χ4v) is 2.97. The molecule has 0 aliphatic heterocycles. The van der Waals surface area contributed by atoms with E-state index in [1.807, 2.05) is 31.2 Å². The first-order chi connectivity index (χ1) is 17.7. The van der Waals surface area contributed by atoms with Crippen molar-refractivity contribution in [2.75, 3.05) is 6.61 Å². The van der Waals surface area contributed by atoms with Gasteiger partial charge in [0.15, 0.2) is 0 Å². The second-order valence-electron chi connectivity index (χ2n) is 8.37. The third-order valence-corrected chi connectivity index (χ3v) is 5.00. The lowest BCUT2D eigenvalue weighted by molar-refractivity contribution is -0.138. The third kappa shape index (κ3) is 8.47. The zero-order valence-corrected chi connectivity index (χ0v) is 21.1. The predicted molar refractivity (Wildman–Crippen MR) is 142 cm³/mol. The molecule has 0 unspecified atom stereocenters. The van der Waals surface area contributed by atoms with Crippen molar-refractivity contribution >= 4 is 34.7 Å². The number of hydrogen-bond donors (Lipinski definition) is 0. The Morgan fingerprint density at radius 1 is 0.730 bits per heavy atom. The van der Waals surface area contributed by atoms with Crippen LogP contribution in [0, 0.1) is 6.92 Å². The minimum Gasteiger partial charge on any atom is -0.462 e. The Labute approximate surface area is 216 Å². The monoisotopic (exact) mass is 496 g/mol. The maximum atomic E-state index is 11.7. The van der Waals surface area contributed by atoms with E-state index in [9.17, 15) is 9.59 Å². The summed E-state index contributed by atoms with van der Waals surface area (Å²) in [5.74, 6) is -0.407. The van der Waals surface area contributed by atoms with Crippen LogP contribution in [0.4, 0.5) is 22.7 Å². The molecule has 3 aromatic rings. The number of carbonyl (C=O) groups excluding carboxylic acids is 2. The molecule has 0 amide bonds. The maximum absolute atomic E-state index is 11.7. The van der Waals surface area contributed by atoms with Gasteiger partial charge in [0.25, 0.3) is 0 Å². The van der Waals surface area contributed by atoms with Gasteiger partial charge in [0.05, 0.1) is 29.4 Å². The minimum atomic E-state index is -0.468. The maximum Gasteiger partial charge on any atom is 0.338 e. The Morgan fingerprint density at radius 2 is 1.27 bits per heavy atom. The van der Waals surface area contributed by atoms with E-state index in [-0.39, 0.29) is 6.61 Å². The van der Waals surface area contributed by atoms with Gasteiger partial charge in [-0.3, -0.25) is 0 Å². The van der Waals surface area contributed by atoms with Gasteiger partial charge in [-0.1, -0.05) is 25.3 Å². The topological polar surface area (TPSA) is 102 Å². The van der Waals surface area contributed by atoms with Crippen LogP contribution in [0.3, 0.4) is 0 Å². The van der Waals surface area contributed by atoms with Gasteiger partial charge in [-0.25, -0.2) is 9.59 Å². The summed E-state index contributed by atoms with van der Waals surface area (Å²) in [5, 5.41) is 17.1. The molecule has 3 aromatic carbocycles. The fourth-order valence-electron chi connectivity index (χ4n) is 2.97. The zero-order valence-electron chi connectivity index (χ0n) is 21.1. The Kier molecular flexibility index (Phi) is 9.32. The normalized spacial score (nSPS) is 11.0. The molecule has 0 radical (unpaired) electrons. The zero-order chi connectivity index (χ0) is 26.8. The van der Waals surface area contributed by atoms with Crippen LogP contribution in [0.2, 0.25) is 0 Å². The van der Waals surface area contributed by atoms with Gasteiger partial charge in [0, 0.05) is 17.6 Å². The lowest BCUT2D eigenvalue weighted by Gasteiger charge is -2.07. The summed E-state index contributed by atoms with van der Waals surface area (Å²) in [5.41, 5.74) is 5.10. The molecule has 0 aromatic heterocycles. The van der Waals surface area contributed by atoms with Crippen molar-refractivity contribution in [3.8, 4) is 5.75 Å². The van der Waals surface area contributed by atoms with Gasteiger partial charge in [0.2, 0.25) is 0 Å². The molecular weight excluding hydrogens is 468 g/mol. The first-order valence-corrected chi connectivity index (χ1v) is 11.5. The molecule has 0 saturated carbocycles. The quantitative estimate of drug-likeness (QED) is 0.123. The molecule has 0 saturated heterocycles. The summed E-state index contributed by atoms with van der Waals surface area (Å²) in [6, 6.07) is 19.9. The summed E-state index contributed by atoms with van der Waals surface area (Å²) in [7, 11) is 0. The van der Waals surface area contributed by atoms with Crippen molar-refractivity contribution in [2.45, 2.75) is 27.2 Å². The Hall–Kier alpha value is -4.72. The minimum absolute atomic E-state index is 0.272. The largest absolute Gasteiger partial charge is 0.462 e. The standard InChI is InChI=1S/C29H28N4O4/c1-19(2)28(34)36-16-15-22-7-6-8-25(18-22)32-30-23-9-11-24(12-10-23)31-33-26-13-14-27(21(5)17-26)37-29(35)20(3)4/h6-14,17-18H,1,3,15-16H2,2,4-5H3/b32-30+,33-31+. The summed E-state index contributed by atoms with van der Waals surface area (Å²) in [4.78, 5) is 23.2. The first-order valence-electron chi connectivity index (χ1n) is 11.5. The highest BCUT2D eigenvalue weighted by molar-refractivity contribution is 5.89. The van der Waals surface area contributed by atoms with Crippen molar-refractivity contribution in [2.24, 2.45) is 20.5 Å². The predicted octanol–water partition coefficient (Wildman–Crippen LogP) is 7.97. The number of rotatable bonds is 10. The molecule has 0 atom stereocenters. The van der Waals surface area contributed by atoms with E-state index in [0.29, 0.717) is 46.1 Å². The molecule has 0 heterocycles. The molecule has 0 N–H and O–H groups in total. The number of azo groups is 2. The van der Waals surface area contributed by atoms with Crippen LogP contribution in [0.15, 0.2) is 111 Å². The highest BCUT2D eigenvalue weighted by atomic mass is 16.5. The number of hydrogen-bond acceptors (Lipinski definition) is 8. The molecule has 8 heteroatoms. The fraction of sp³-hybridized carbons (Fsp3) is 0.172. The van der Waals surface area contributed by atoms with Crippen molar-refractivity contribution < 1.29 is 19.1 Å². The molecular formula is C29H28N4O4. The van der Waals surface area contributed by atoms with Crippen LogP contribution in [0.5, 0.6) is 5.75 Å². The number of aryl methyl sites for hydroxylation is 1. The second kappa shape index (κ2) is 12.8. The molecule has 8 nitrogen and oxygen atoms in total. The van der Waals surface area contributed by atoms with Gasteiger partial charge in [0.1, 0.15) is 5.75 Å². The first kappa shape index (κ1) is 26.9. The molecule has 0 aliphatic rings. The van der Waals surface area contributed by atoms with Gasteiger partial charge >= 0.3 is 11.9 Å². The van der Waals surface area contributed by atoms with Gasteiger partial charge in [-0.15, -0.1) is 0 Å². The van der Waals surface area contributed by atoms with Crippen molar-refractivity contribution in [1.29, 1.82) is 0 Å². The molecule has 0 spiro atoms. The van der Waals surface area contributed by atoms with E-state index in [0.717, 1.165) is 11.1 Å². The van der Waals surface area contributed by atoms with Gasteiger partial charge < -0.3 is 9.47 Å². The highest BCUT2D eigenvalue weighted by Crippen LogP contribution is 2.27. The van der Waals surface area contributed by atoms with E-state index in [4.69, 9.17) is 9.47 Å². The smallest absolute Gasteiger partial charge is 0.338 e. The number of ether oxygens (including phenoxy) is 2. The average molecular weight is 497 g/mol. The molecule has 0 aliphatic carbocycles. The van der Waals surface area contributed by atoms with Crippen LogP contribution in [0.25, 0.3) is 0 Å². The van der Waals surface area contributed by atoms with Crippen LogP contribution >= 0.6 is 0 Å². The second-order valence-corrected chi connectivity index (χ2v) is 8.37. The lowest BCUT2D eigenvalue weighted by Crippen LogP contribution is -2.08. The van der Waals surface area contributed by atoms with Crippen molar-refractivity contribution in [3.05, 3.63) is 102 Å².